The number of carbonyl (C=O) groups is 1. The fourth-order valence-corrected chi connectivity index (χ4v) is 2.55. The number of urea groups is 1. The van der Waals surface area contributed by atoms with E-state index in [-0.39, 0.29) is 6.03 Å². The van der Waals surface area contributed by atoms with E-state index in [1.807, 2.05) is 23.1 Å². The molecule has 3 nitrogen and oxygen atoms in total. The van der Waals surface area contributed by atoms with Gasteiger partial charge in [-0.15, -0.1) is 0 Å². The largest absolute Gasteiger partial charge is 0.338 e. The summed E-state index contributed by atoms with van der Waals surface area (Å²) >= 11 is 0. The van der Waals surface area contributed by atoms with Crippen molar-refractivity contribution in [2.24, 2.45) is 11.8 Å². The second-order valence-corrected chi connectivity index (χ2v) is 5.96. The minimum absolute atomic E-state index is 0.0413. The van der Waals surface area contributed by atoms with Crippen molar-refractivity contribution < 1.29 is 4.79 Å². The van der Waals surface area contributed by atoms with Crippen molar-refractivity contribution >= 4 is 11.7 Å². The van der Waals surface area contributed by atoms with Crippen LogP contribution in [0.15, 0.2) is 24.3 Å². The van der Waals surface area contributed by atoms with E-state index in [0.717, 1.165) is 31.6 Å². The Kier molecular flexibility index (Phi) is 4.46. The molecule has 3 heteroatoms. The van der Waals surface area contributed by atoms with Gasteiger partial charge in [0, 0.05) is 18.8 Å². The molecule has 1 N–H and O–H groups in total. The first-order chi connectivity index (χ1) is 9.08. The molecule has 0 radical (unpaired) electrons. The first-order valence-corrected chi connectivity index (χ1v) is 7.21. The Morgan fingerprint density at radius 3 is 2.89 bits per heavy atom. The van der Waals surface area contributed by atoms with E-state index in [9.17, 15) is 4.79 Å². The van der Waals surface area contributed by atoms with Gasteiger partial charge in [0.15, 0.2) is 0 Å². The van der Waals surface area contributed by atoms with Crippen LogP contribution in [0.2, 0.25) is 0 Å². The van der Waals surface area contributed by atoms with Gasteiger partial charge in [-0.1, -0.05) is 39.0 Å². The molecule has 1 heterocycles. The molecular weight excluding hydrogens is 236 g/mol. The van der Waals surface area contributed by atoms with Crippen LogP contribution >= 0.6 is 0 Å². The molecule has 0 aliphatic carbocycles. The number of fused-ring (bicyclic) bond motifs is 1. The van der Waals surface area contributed by atoms with Gasteiger partial charge < -0.3 is 5.32 Å². The van der Waals surface area contributed by atoms with Gasteiger partial charge in [-0.25, -0.2) is 4.79 Å². The van der Waals surface area contributed by atoms with Crippen molar-refractivity contribution in [1.82, 2.24) is 5.32 Å². The maximum Gasteiger partial charge on any atom is 0.321 e. The molecular formula is C16H24N2O. The van der Waals surface area contributed by atoms with E-state index in [1.54, 1.807) is 0 Å². The van der Waals surface area contributed by atoms with Crippen LogP contribution < -0.4 is 10.2 Å². The first kappa shape index (κ1) is 13.9. The minimum Gasteiger partial charge on any atom is -0.338 e. The van der Waals surface area contributed by atoms with Crippen molar-refractivity contribution in [3.63, 3.8) is 0 Å². The lowest BCUT2D eigenvalue weighted by Gasteiger charge is -2.33. The third-order valence-electron chi connectivity index (χ3n) is 3.59. The number of nitrogens with zero attached hydrogens (tertiary/aromatic N) is 1. The van der Waals surface area contributed by atoms with Crippen LogP contribution in [0, 0.1) is 11.8 Å². The summed E-state index contributed by atoms with van der Waals surface area (Å²) in [5, 5.41) is 3.03. The van der Waals surface area contributed by atoms with Crippen molar-refractivity contribution in [3.8, 4) is 0 Å². The Morgan fingerprint density at radius 2 is 2.16 bits per heavy atom. The summed E-state index contributed by atoms with van der Waals surface area (Å²) in [6.45, 7) is 8.10. The van der Waals surface area contributed by atoms with Crippen LogP contribution in [0.4, 0.5) is 10.5 Å². The van der Waals surface area contributed by atoms with Crippen molar-refractivity contribution in [2.75, 3.05) is 18.0 Å². The minimum atomic E-state index is 0.0413. The summed E-state index contributed by atoms with van der Waals surface area (Å²) in [7, 11) is 0. The first-order valence-electron chi connectivity index (χ1n) is 7.21. The molecule has 0 fully saturated rings. The number of rotatable bonds is 3. The Bertz CT molecular complexity index is 442. The Balaban J connectivity index is 2.05. The van der Waals surface area contributed by atoms with Gasteiger partial charge in [0.1, 0.15) is 0 Å². The highest BCUT2D eigenvalue weighted by molar-refractivity contribution is 5.93. The number of amides is 2. The molecule has 1 aliphatic rings. The molecule has 19 heavy (non-hydrogen) atoms. The fourth-order valence-electron chi connectivity index (χ4n) is 2.55. The number of hydrogen-bond donors (Lipinski definition) is 1. The third-order valence-corrected chi connectivity index (χ3v) is 3.59. The lowest BCUT2D eigenvalue weighted by molar-refractivity contribution is 0.244. The quantitative estimate of drug-likeness (QED) is 0.887. The molecule has 1 atom stereocenters. The lowest BCUT2D eigenvalue weighted by Crippen LogP contribution is -2.45. The zero-order valence-corrected chi connectivity index (χ0v) is 12.1. The van der Waals surface area contributed by atoms with Gasteiger partial charge in [0.2, 0.25) is 0 Å². The van der Waals surface area contributed by atoms with E-state index in [2.05, 4.69) is 32.2 Å². The standard InChI is InChI=1S/C16H24N2O/c1-12(2)8-9-17-16(19)18-11-13(3)10-14-6-4-5-7-15(14)18/h4-7,12-13H,8-11H2,1-3H3,(H,17,19). The molecule has 104 valence electrons. The highest BCUT2D eigenvalue weighted by atomic mass is 16.2. The topological polar surface area (TPSA) is 32.3 Å². The predicted molar refractivity (Wildman–Crippen MR) is 79.5 cm³/mol. The highest BCUT2D eigenvalue weighted by Gasteiger charge is 2.25. The Hall–Kier alpha value is -1.51. The Labute approximate surface area is 116 Å². The van der Waals surface area contributed by atoms with Crippen LogP contribution in [0.5, 0.6) is 0 Å². The maximum absolute atomic E-state index is 12.3. The van der Waals surface area contributed by atoms with Gasteiger partial charge in [0.05, 0.1) is 0 Å². The molecule has 1 aromatic rings. The summed E-state index contributed by atoms with van der Waals surface area (Å²) < 4.78 is 0. The zero-order valence-electron chi connectivity index (χ0n) is 12.1. The smallest absolute Gasteiger partial charge is 0.321 e. The van der Waals surface area contributed by atoms with Crippen LogP contribution in [-0.2, 0) is 6.42 Å². The monoisotopic (exact) mass is 260 g/mol. The maximum atomic E-state index is 12.3. The number of hydrogen-bond acceptors (Lipinski definition) is 1. The summed E-state index contributed by atoms with van der Waals surface area (Å²) in [5.41, 5.74) is 2.35. The zero-order chi connectivity index (χ0) is 13.8. The van der Waals surface area contributed by atoms with Gasteiger partial charge in [-0.2, -0.15) is 0 Å². The number of benzene rings is 1. The molecule has 0 saturated carbocycles. The lowest BCUT2D eigenvalue weighted by atomic mass is 9.94. The Morgan fingerprint density at radius 1 is 1.42 bits per heavy atom. The van der Waals surface area contributed by atoms with Crippen molar-refractivity contribution in [1.29, 1.82) is 0 Å². The summed E-state index contributed by atoms with van der Waals surface area (Å²) in [6.07, 6.45) is 2.09. The number of para-hydroxylation sites is 1. The summed E-state index contributed by atoms with van der Waals surface area (Å²) in [4.78, 5) is 14.2. The summed E-state index contributed by atoms with van der Waals surface area (Å²) in [5.74, 6) is 1.14. The number of nitrogens with one attached hydrogen (secondary N) is 1. The predicted octanol–water partition coefficient (Wildman–Crippen LogP) is 3.44. The van der Waals surface area contributed by atoms with E-state index >= 15 is 0 Å². The van der Waals surface area contributed by atoms with Crippen LogP contribution in [0.1, 0.15) is 32.8 Å². The van der Waals surface area contributed by atoms with Crippen LogP contribution in [0.3, 0.4) is 0 Å². The highest BCUT2D eigenvalue weighted by Crippen LogP contribution is 2.29. The normalized spacial score (nSPS) is 18.3. The average Bonchev–Trinajstić information content (AvgIpc) is 2.37. The van der Waals surface area contributed by atoms with Gasteiger partial charge in [-0.3, -0.25) is 4.90 Å². The number of anilines is 1. The number of carbonyl (C=O) groups excluding carboxylic acids is 1. The molecule has 0 saturated heterocycles. The van der Waals surface area contributed by atoms with Gasteiger partial charge in [-0.05, 0) is 36.3 Å². The summed E-state index contributed by atoms with van der Waals surface area (Å²) in [6, 6.07) is 8.26. The second-order valence-electron chi connectivity index (χ2n) is 5.96. The van der Waals surface area contributed by atoms with Gasteiger partial charge in [0.25, 0.3) is 0 Å². The van der Waals surface area contributed by atoms with E-state index in [4.69, 9.17) is 0 Å². The molecule has 1 unspecified atom stereocenters. The average molecular weight is 260 g/mol. The molecule has 0 spiro atoms. The van der Waals surface area contributed by atoms with Crippen LogP contribution in [-0.4, -0.2) is 19.1 Å². The van der Waals surface area contributed by atoms with Crippen molar-refractivity contribution in [2.45, 2.75) is 33.6 Å². The molecule has 1 aliphatic heterocycles. The third kappa shape index (κ3) is 3.49. The van der Waals surface area contributed by atoms with E-state index in [1.165, 1.54) is 5.56 Å². The molecule has 1 aromatic carbocycles. The van der Waals surface area contributed by atoms with E-state index < -0.39 is 0 Å². The second kappa shape index (κ2) is 6.09. The molecule has 0 aromatic heterocycles. The molecule has 0 bridgehead atoms. The molecule has 2 rings (SSSR count). The van der Waals surface area contributed by atoms with E-state index in [0.29, 0.717) is 11.8 Å². The van der Waals surface area contributed by atoms with Crippen molar-refractivity contribution in [3.05, 3.63) is 29.8 Å². The molecule has 2 amide bonds. The fraction of sp³-hybridized carbons (Fsp3) is 0.562. The van der Waals surface area contributed by atoms with Gasteiger partial charge >= 0.3 is 6.03 Å². The SMILES string of the molecule is CC(C)CCNC(=O)N1CC(C)Cc2ccccc21. The van der Waals surface area contributed by atoms with Crippen LogP contribution in [0.25, 0.3) is 0 Å².